The molecule has 1 heterocycles. The Labute approximate surface area is 149 Å². The van der Waals surface area contributed by atoms with Gasteiger partial charge in [0.2, 0.25) is 5.91 Å². The van der Waals surface area contributed by atoms with Crippen molar-refractivity contribution < 1.29 is 18.7 Å². The van der Waals surface area contributed by atoms with Crippen LogP contribution < -0.4 is 10.1 Å². The number of nitrogens with one attached hydrogen (secondary N) is 1. The topological polar surface area (TPSA) is 60.7 Å². The van der Waals surface area contributed by atoms with Crippen molar-refractivity contribution in [2.24, 2.45) is 0 Å². The number of carbonyl (C=O) groups is 1. The fourth-order valence-corrected chi connectivity index (χ4v) is 2.33. The van der Waals surface area contributed by atoms with Crippen molar-refractivity contribution in [1.29, 1.82) is 0 Å². The maximum absolute atomic E-state index is 11.9. The lowest BCUT2D eigenvalue weighted by Crippen LogP contribution is -2.19. The predicted molar refractivity (Wildman–Crippen MR) is 95.7 cm³/mol. The zero-order valence-corrected chi connectivity index (χ0v) is 15.0. The van der Waals surface area contributed by atoms with E-state index in [0.717, 1.165) is 10.0 Å². The lowest BCUT2D eigenvalue weighted by molar-refractivity contribution is -0.116. The minimum Gasteiger partial charge on any atom is -0.491 e. The van der Waals surface area contributed by atoms with Gasteiger partial charge in [0, 0.05) is 22.7 Å². The van der Waals surface area contributed by atoms with Crippen molar-refractivity contribution in [2.75, 3.05) is 19.8 Å². The van der Waals surface area contributed by atoms with Crippen LogP contribution in [0, 0.1) is 0 Å². The van der Waals surface area contributed by atoms with Gasteiger partial charge >= 0.3 is 0 Å². The number of benzene rings is 1. The van der Waals surface area contributed by atoms with Crippen LogP contribution in [0.3, 0.4) is 0 Å². The first-order valence-electron chi connectivity index (χ1n) is 7.67. The van der Waals surface area contributed by atoms with Crippen molar-refractivity contribution in [1.82, 2.24) is 5.32 Å². The normalized spacial score (nSPS) is 10.9. The van der Waals surface area contributed by atoms with E-state index in [1.54, 1.807) is 18.4 Å². The van der Waals surface area contributed by atoms with Crippen molar-refractivity contribution in [2.45, 2.75) is 13.5 Å². The standard InChI is InChI=1S/C18H20BrNO4/c1-2-22-10-11-24-17-7-6-15(19)12-14(17)5-8-18(21)20-13-16-4-3-9-23-16/h3-9,12H,2,10-11,13H2,1H3,(H,20,21)/b8-5+. The highest BCUT2D eigenvalue weighted by Crippen LogP contribution is 2.24. The first kappa shape index (κ1) is 18.3. The molecule has 0 saturated heterocycles. The fraction of sp³-hybridized carbons (Fsp3) is 0.278. The number of carbonyl (C=O) groups excluding carboxylic acids is 1. The fourth-order valence-electron chi connectivity index (χ4n) is 1.95. The predicted octanol–water partition coefficient (Wildman–Crippen LogP) is 3.79. The molecule has 0 saturated carbocycles. The Morgan fingerprint density at radius 2 is 2.21 bits per heavy atom. The zero-order valence-electron chi connectivity index (χ0n) is 13.5. The summed E-state index contributed by atoms with van der Waals surface area (Å²) in [7, 11) is 0. The van der Waals surface area contributed by atoms with Gasteiger partial charge in [0.25, 0.3) is 0 Å². The van der Waals surface area contributed by atoms with Gasteiger partial charge in [-0.05, 0) is 43.3 Å². The quantitative estimate of drug-likeness (QED) is 0.520. The molecule has 2 aromatic rings. The highest BCUT2D eigenvalue weighted by Gasteiger charge is 2.04. The third-order valence-corrected chi connectivity index (χ3v) is 3.59. The molecule has 0 atom stereocenters. The van der Waals surface area contributed by atoms with Gasteiger partial charge < -0.3 is 19.2 Å². The molecule has 1 aromatic carbocycles. The van der Waals surface area contributed by atoms with Gasteiger partial charge in [-0.2, -0.15) is 0 Å². The maximum Gasteiger partial charge on any atom is 0.244 e. The summed E-state index contributed by atoms with van der Waals surface area (Å²) in [6, 6.07) is 9.24. The van der Waals surface area contributed by atoms with Gasteiger partial charge in [-0.3, -0.25) is 4.79 Å². The molecule has 5 nitrogen and oxygen atoms in total. The number of ether oxygens (including phenoxy) is 2. The number of hydrogen-bond acceptors (Lipinski definition) is 4. The Morgan fingerprint density at radius 1 is 1.33 bits per heavy atom. The molecule has 1 aromatic heterocycles. The van der Waals surface area contributed by atoms with E-state index in [1.807, 2.05) is 31.2 Å². The van der Waals surface area contributed by atoms with E-state index in [-0.39, 0.29) is 5.91 Å². The van der Waals surface area contributed by atoms with Crippen molar-refractivity contribution in [3.8, 4) is 5.75 Å². The van der Waals surface area contributed by atoms with E-state index in [9.17, 15) is 4.79 Å². The van der Waals surface area contributed by atoms with E-state index in [1.165, 1.54) is 6.08 Å². The maximum atomic E-state index is 11.9. The van der Waals surface area contributed by atoms with Crippen molar-refractivity contribution in [3.63, 3.8) is 0 Å². The molecule has 1 N–H and O–H groups in total. The molecule has 0 spiro atoms. The van der Waals surface area contributed by atoms with E-state index in [4.69, 9.17) is 13.9 Å². The lowest BCUT2D eigenvalue weighted by Gasteiger charge is -2.09. The Bertz CT molecular complexity index is 668. The second-order valence-electron chi connectivity index (χ2n) is 4.86. The minimum absolute atomic E-state index is 0.202. The number of halogens is 1. The summed E-state index contributed by atoms with van der Waals surface area (Å²) in [5.41, 5.74) is 0.814. The summed E-state index contributed by atoms with van der Waals surface area (Å²) in [5, 5.41) is 2.76. The van der Waals surface area contributed by atoms with Crippen LogP contribution in [0.25, 0.3) is 6.08 Å². The Balaban J connectivity index is 1.93. The van der Waals surface area contributed by atoms with Crippen LogP contribution >= 0.6 is 15.9 Å². The smallest absolute Gasteiger partial charge is 0.244 e. The third-order valence-electron chi connectivity index (χ3n) is 3.09. The van der Waals surface area contributed by atoms with Gasteiger partial charge in [0.15, 0.2) is 0 Å². The van der Waals surface area contributed by atoms with Gasteiger partial charge in [-0.1, -0.05) is 15.9 Å². The van der Waals surface area contributed by atoms with E-state index >= 15 is 0 Å². The van der Waals surface area contributed by atoms with Gasteiger partial charge in [-0.25, -0.2) is 0 Å². The van der Waals surface area contributed by atoms with Crippen LogP contribution in [0.4, 0.5) is 0 Å². The highest BCUT2D eigenvalue weighted by molar-refractivity contribution is 9.10. The first-order valence-corrected chi connectivity index (χ1v) is 8.46. The molecule has 1 amide bonds. The largest absolute Gasteiger partial charge is 0.491 e. The summed E-state index contributed by atoms with van der Waals surface area (Å²) in [4.78, 5) is 11.9. The number of amides is 1. The molecule has 24 heavy (non-hydrogen) atoms. The van der Waals surface area contributed by atoms with Crippen LogP contribution in [0.5, 0.6) is 5.75 Å². The molecule has 0 aliphatic heterocycles. The Hall–Kier alpha value is -2.05. The van der Waals surface area contributed by atoms with Crippen LogP contribution in [-0.4, -0.2) is 25.7 Å². The van der Waals surface area contributed by atoms with Crippen LogP contribution in [0.2, 0.25) is 0 Å². The average molecular weight is 394 g/mol. The van der Waals surface area contributed by atoms with Crippen molar-refractivity contribution in [3.05, 3.63) is 58.5 Å². The monoisotopic (exact) mass is 393 g/mol. The highest BCUT2D eigenvalue weighted by atomic mass is 79.9. The van der Waals surface area contributed by atoms with E-state index in [0.29, 0.717) is 37.9 Å². The average Bonchev–Trinajstić information content (AvgIpc) is 3.10. The summed E-state index contributed by atoms with van der Waals surface area (Å²) in [5.74, 6) is 1.21. The molecule has 0 aliphatic carbocycles. The lowest BCUT2D eigenvalue weighted by atomic mass is 10.2. The van der Waals surface area contributed by atoms with Gasteiger partial charge in [0.1, 0.15) is 18.1 Å². The van der Waals surface area contributed by atoms with E-state index < -0.39 is 0 Å². The zero-order chi connectivity index (χ0) is 17.2. The summed E-state index contributed by atoms with van der Waals surface area (Å²) in [6.07, 6.45) is 4.77. The molecule has 0 aliphatic rings. The minimum atomic E-state index is -0.202. The second-order valence-corrected chi connectivity index (χ2v) is 5.77. The molecule has 128 valence electrons. The van der Waals surface area contributed by atoms with Gasteiger partial charge in [0.05, 0.1) is 19.4 Å². The molecule has 6 heteroatoms. The molecule has 0 fully saturated rings. The molecule has 2 rings (SSSR count). The van der Waals surface area contributed by atoms with E-state index in [2.05, 4.69) is 21.2 Å². The van der Waals surface area contributed by atoms with Gasteiger partial charge in [-0.15, -0.1) is 0 Å². The summed E-state index contributed by atoms with van der Waals surface area (Å²) < 4.78 is 17.0. The molecular weight excluding hydrogens is 374 g/mol. The van der Waals surface area contributed by atoms with Crippen LogP contribution in [0.15, 0.2) is 51.6 Å². The second kappa shape index (κ2) is 9.95. The SMILES string of the molecule is CCOCCOc1ccc(Br)cc1/C=C/C(=O)NCc1ccco1. The summed E-state index contributed by atoms with van der Waals surface area (Å²) in [6.45, 7) is 3.94. The Kier molecular flexibility index (Phi) is 7.58. The summed E-state index contributed by atoms with van der Waals surface area (Å²) >= 11 is 3.43. The molecule has 0 unspecified atom stereocenters. The first-order chi connectivity index (χ1) is 11.7. The molecule has 0 radical (unpaired) electrons. The molecular formula is C18H20BrNO4. The number of hydrogen-bond donors (Lipinski definition) is 1. The van der Waals surface area contributed by atoms with Crippen LogP contribution in [0.1, 0.15) is 18.2 Å². The van der Waals surface area contributed by atoms with Crippen LogP contribution in [-0.2, 0) is 16.1 Å². The Morgan fingerprint density at radius 3 is 2.96 bits per heavy atom. The molecule has 0 bridgehead atoms. The number of furan rings is 1. The van der Waals surface area contributed by atoms with Crippen molar-refractivity contribution >= 4 is 27.9 Å². The number of rotatable bonds is 9. The third kappa shape index (κ3) is 6.22.